The lowest BCUT2D eigenvalue weighted by Crippen LogP contribution is -2.58. The molecule has 0 radical (unpaired) electrons. The van der Waals surface area contributed by atoms with E-state index in [0.29, 0.717) is 17.7 Å². The number of aliphatic hydroxyl groups excluding tert-OH is 2. The van der Waals surface area contributed by atoms with Crippen molar-refractivity contribution >= 4 is 11.6 Å². The predicted molar refractivity (Wildman–Crippen MR) is 108 cm³/mol. The van der Waals surface area contributed by atoms with Gasteiger partial charge in [-0.05, 0) is 17.9 Å². The summed E-state index contributed by atoms with van der Waals surface area (Å²) in [6.07, 6.45) is -2.66. The molecule has 3 N–H and O–H groups in total. The van der Waals surface area contributed by atoms with Gasteiger partial charge in [-0.2, -0.15) is 13.2 Å². The number of nitrogens with one attached hydrogen (secondary N) is 1. The van der Waals surface area contributed by atoms with E-state index in [2.05, 4.69) is 15.3 Å². The first kappa shape index (κ1) is 22.6. The summed E-state index contributed by atoms with van der Waals surface area (Å²) >= 11 is 0. The molecule has 1 saturated heterocycles. The number of alkyl halides is 3. The maximum Gasteiger partial charge on any atom is 0.434 e. The number of benzene rings is 1. The third kappa shape index (κ3) is 4.92. The van der Waals surface area contributed by atoms with Crippen LogP contribution in [0.1, 0.15) is 40.9 Å². The van der Waals surface area contributed by atoms with Gasteiger partial charge in [0.2, 0.25) is 0 Å². The number of aliphatic hydroxyl groups is 2. The van der Waals surface area contributed by atoms with Gasteiger partial charge >= 0.3 is 6.18 Å². The molecule has 7 nitrogen and oxygen atoms in total. The molecule has 1 unspecified atom stereocenters. The molecule has 0 spiro atoms. The van der Waals surface area contributed by atoms with Crippen molar-refractivity contribution in [1.29, 1.82) is 0 Å². The topological polar surface area (TPSA) is 105 Å². The Labute approximate surface area is 182 Å². The van der Waals surface area contributed by atoms with Crippen LogP contribution in [0.25, 0.3) is 0 Å². The first-order valence-corrected chi connectivity index (χ1v) is 10.5. The number of hydrogen-bond acceptors (Lipinski definition) is 7. The molecule has 2 heterocycles. The van der Waals surface area contributed by atoms with Gasteiger partial charge in [-0.15, -0.1) is 0 Å². The largest absolute Gasteiger partial charge is 0.434 e. The minimum Gasteiger partial charge on any atom is -0.388 e. The highest BCUT2D eigenvalue weighted by Gasteiger charge is 2.42. The fourth-order valence-electron chi connectivity index (χ4n) is 3.94. The van der Waals surface area contributed by atoms with Crippen molar-refractivity contribution in [2.24, 2.45) is 5.92 Å². The molecule has 172 valence electrons. The second-order valence-electron chi connectivity index (χ2n) is 8.34. The zero-order chi connectivity index (χ0) is 22.9. The summed E-state index contributed by atoms with van der Waals surface area (Å²) in [5.41, 5.74) is 0.305. The van der Waals surface area contributed by atoms with E-state index >= 15 is 0 Å². The Morgan fingerprint density at radius 3 is 2.47 bits per heavy atom. The second kappa shape index (κ2) is 9.13. The standard InChI is InChI=1S/C22H24F3N3O4/c23-22(24,25)16-9-26-10-17(28-16)27-15-11-32-21(20(31)19(15)30)18(29)14-6-4-13(5-7-14)8-12-2-1-3-12/h4-7,9-10,12,15,19-21,30-31H,1-3,8,11H2,(H,27,28)/t15-,19+,20+,21?/m0/s1. The van der Waals surface area contributed by atoms with E-state index in [0.717, 1.165) is 18.2 Å². The maximum absolute atomic E-state index is 12.8. The van der Waals surface area contributed by atoms with Crippen LogP contribution in [0, 0.1) is 5.92 Å². The molecule has 4 atom stereocenters. The minimum atomic E-state index is -4.67. The molecule has 4 rings (SSSR count). The summed E-state index contributed by atoms with van der Waals surface area (Å²) in [7, 11) is 0. The fraction of sp³-hybridized carbons (Fsp3) is 0.500. The van der Waals surface area contributed by atoms with Crippen LogP contribution in [0.3, 0.4) is 0 Å². The van der Waals surface area contributed by atoms with Gasteiger partial charge < -0.3 is 20.3 Å². The number of aromatic nitrogens is 2. The SMILES string of the molecule is O=C(c1ccc(CC2CCC2)cc1)C1OC[C@H](Nc2cncc(C(F)(F)F)n2)[C@@H](O)[C@H]1O. The van der Waals surface area contributed by atoms with Crippen LogP contribution in [-0.4, -0.2) is 56.9 Å². The number of anilines is 1. The number of ketones is 1. The summed E-state index contributed by atoms with van der Waals surface area (Å²) < 4.78 is 43.9. The number of halogens is 3. The Morgan fingerprint density at radius 2 is 1.84 bits per heavy atom. The van der Waals surface area contributed by atoms with Crippen LogP contribution in [0.5, 0.6) is 0 Å². The first-order chi connectivity index (χ1) is 15.2. The van der Waals surface area contributed by atoms with Crippen molar-refractivity contribution in [3.8, 4) is 0 Å². The third-order valence-electron chi connectivity index (χ3n) is 6.03. The molecule has 2 aliphatic rings. The van der Waals surface area contributed by atoms with E-state index in [1.807, 2.05) is 12.1 Å². The smallest absolute Gasteiger partial charge is 0.388 e. The second-order valence-corrected chi connectivity index (χ2v) is 8.34. The monoisotopic (exact) mass is 451 g/mol. The van der Waals surface area contributed by atoms with Gasteiger partial charge in [-0.25, -0.2) is 4.98 Å². The number of ether oxygens (including phenoxy) is 1. The molecule has 10 heteroatoms. The molecule has 1 aliphatic heterocycles. The van der Waals surface area contributed by atoms with Crippen molar-refractivity contribution in [2.75, 3.05) is 11.9 Å². The average molecular weight is 451 g/mol. The first-order valence-electron chi connectivity index (χ1n) is 10.5. The molecule has 0 amide bonds. The number of hydrogen-bond donors (Lipinski definition) is 3. The zero-order valence-electron chi connectivity index (χ0n) is 17.1. The molecule has 32 heavy (non-hydrogen) atoms. The highest BCUT2D eigenvalue weighted by molar-refractivity contribution is 6.00. The van der Waals surface area contributed by atoms with E-state index in [-0.39, 0.29) is 12.4 Å². The van der Waals surface area contributed by atoms with Gasteiger partial charge in [0.15, 0.2) is 11.5 Å². The number of carbonyl (C=O) groups is 1. The van der Waals surface area contributed by atoms with Crippen LogP contribution in [0.4, 0.5) is 19.0 Å². The molecular formula is C22H24F3N3O4. The Hall–Kier alpha value is -2.56. The number of nitrogens with zero attached hydrogens (tertiary/aromatic N) is 2. The van der Waals surface area contributed by atoms with Crippen LogP contribution in [-0.2, 0) is 17.3 Å². The Kier molecular flexibility index (Phi) is 6.45. The normalized spacial score (nSPS) is 26.4. The molecule has 1 aliphatic carbocycles. The number of Topliss-reactive ketones (excluding diaryl/α,β-unsaturated/α-hetero) is 1. The van der Waals surface area contributed by atoms with E-state index in [1.165, 1.54) is 19.3 Å². The Morgan fingerprint density at radius 1 is 1.12 bits per heavy atom. The fourth-order valence-corrected chi connectivity index (χ4v) is 3.94. The molecule has 0 bridgehead atoms. The van der Waals surface area contributed by atoms with Crippen molar-refractivity contribution in [2.45, 2.75) is 56.2 Å². The molecule has 1 aromatic carbocycles. The van der Waals surface area contributed by atoms with Crippen LogP contribution >= 0.6 is 0 Å². The molecule has 2 fully saturated rings. The Bertz CT molecular complexity index is 950. The summed E-state index contributed by atoms with van der Waals surface area (Å²) in [6.45, 7) is -0.216. The summed E-state index contributed by atoms with van der Waals surface area (Å²) in [5.74, 6) is -0.00305. The van der Waals surface area contributed by atoms with E-state index in [1.54, 1.807) is 12.1 Å². The van der Waals surface area contributed by atoms with Crippen LogP contribution in [0.15, 0.2) is 36.7 Å². The number of carbonyl (C=O) groups excluding carboxylic acids is 1. The van der Waals surface area contributed by atoms with Crippen molar-refractivity contribution < 1.29 is 32.9 Å². The van der Waals surface area contributed by atoms with Crippen molar-refractivity contribution in [3.05, 3.63) is 53.5 Å². The van der Waals surface area contributed by atoms with Crippen LogP contribution < -0.4 is 5.32 Å². The van der Waals surface area contributed by atoms with E-state index in [4.69, 9.17) is 4.74 Å². The highest BCUT2D eigenvalue weighted by atomic mass is 19.4. The van der Waals surface area contributed by atoms with Gasteiger partial charge in [-0.3, -0.25) is 9.78 Å². The van der Waals surface area contributed by atoms with Gasteiger partial charge in [0.1, 0.15) is 24.1 Å². The van der Waals surface area contributed by atoms with Crippen LogP contribution in [0.2, 0.25) is 0 Å². The third-order valence-corrected chi connectivity index (χ3v) is 6.03. The van der Waals surface area contributed by atoms with Gasteiger partial charge in [0, 0.05) is 5.56 Å². The Balaban J connectivity index is 1.38. The number of rotatable bonds is 6. The van der Waals surface area contributed by atoms with Crippen molar-refractivity contribution in [1.82, 2.24) is 9.97 Å². The molecule has 1 saturated carbocycles. The summed E-state index contributed by atoms with van der Waals surface area (Å²) in [6, 6.07) is 6.15. The van der Waals surface area contributed by atoms with Gasteiger partial charge in [-0.1, -0.05) is 43.5 Å². The van der Waals surface area contributed by atoms with Gasteiger partial charge in [0.25, 0.3) is 0 Å². The average Bonchev–Trinajstić information content (AvgIpc) is 2.74. The zero-order valence-corrected chi connectivity index (χ0v) is 17.1. The van der Waals surface area contributed by atoms with E-state index in [9.17, 15) is 28.2 Å². The summed E-state index contributed by atoms with van der Waals surface area (Å²) in [4.78, 5) is 19.7. The molecule has 1 aromatic heterocycles. The lowest BCUT2D eigenvalue weighted by atomic mass is 9.81. The predicted octanol–water partition coefficient (Wildman–Crippen LogP) is 2.62. The lowest BCUT2D eigenvalue weighted by molar-refractivity contribution is -0.141. The van der Waals surface area contributed by atoms with Gasteiger partial charge in [0.05, 0.1) is 25.0 Å². The van der Waals surface area contributed by atoms with E-state index < -0.39 is 42.0 Å². The molecular weight excluding hydrogens is 427 g/mol. The van der Waals surface area contributed by atoms with Crippen molar-refractivity contribution in [3.63, 3.8) is 0 Å². The quantitative estimate of drug-likeness (QED) is 0.580. The maximum atomic E-state index is 12.8. The molecule has 2 aromatic rings. The minimum absolute atomic E-state index is 0.216. The lowest BCUT2D eigenvalue weighted by Gasteiger charge is -2.37. The summed E-state index contributed by atoms with van der Waals surface area (Å²) in [5, 5.41) is 23.5. The highest BCUT2D eigenvalue weighted by Crippen LogP contribution is 2.30.